The van der Waals surface area contributed by atoms with Crippen molar-refractivity contribution >= 4 is 67.3 Å². The maximum Gasteiger partial charge on any atom is 0.267 e. The smallest absolute Gasteiger partial charge is 0.267 e. The lowest BCUT2D eigenvalue weighted by Crippen LogP contribution is -2.50. The number of aromatic nitrogens is 3. The first kappa shape index (κ1) is 29.6. The molecule has 0 saturated carbocycles. The molecular formula is C24H29ClN8O5S2. The summed E-state index contributed by atoms with van der Waals surface area (Å²) in [7, 11) is -4.11. The van der Waals surface area contributed by atoms with E-state index in [2.05, 4.69) is 35.8 Å². The third kappa shape index (κ3) is 8.32. The molecule has 4 rings (SSSR count). The second-order valence-electron chi connectivity index (χ2n) is 9.10. The molecule has 214 valence electrons. The number of carbonyl (C=O) groups excluding carboxylic acids is 2. The molecule has 1 saturated heterocycles. The monoisotopic (exact) mass is 608 g/mol. The van der Waals surface area contributed by atoms with Crippen molar-refractivity contribution in [3.05, 3.63) is 51.7 Å². The first-order chi connectivity index (χ1) is 19.0. The van der Waals surface area contributed by atoms with Crippen LogP contribution in [0, 0.1) is 13.8 Å². The number of anilines is 4. The van der Waals surface area contributed by atoms with Gasteiger partial charge in [0.2, 0.25) is 5.91 Å². The van der Waals surface area contributed by atoms with Crippen LogP contribution >= 0.6 is 22.9 Å². The number of thiazole rings is 1. The molecule has 40 heavy (non-hydrogen) atoms. The van der Waals surface area contributed by atoms with Crippen LogP contribution in [-0.2, 0) is 14.9 Å². The van der Waals surface area contributed by atoms with E-state index in [9.17, 15) is 18.0 Å². The molecule has 0 bridgehead atoms. The van der Waals surface area contributed by atoms with Crippen LogP contribution in [0.3, 0.4) is 0 Å². The molecule has 13 nitrogen and oxygen atoms in total. The third-order valence-electron chi connectivity index (χ3n) is 6.00. The van der Waals surface area contributed by atoms with Crippen molar-refractivity contribution in [1.29, 1.82) is 0 Å². The topological polar surface area (TPSA) is 170 Å². The van der Waals surface area contributed by atoms with E-state index < -0.39 is 15.9 Å². The number of hydrogen-bond donors (Lipinski definition) is 4. The van der Waals surface area contributed by atoms with Crippen molar-refractivity contribution in [2.45, 2.75) is 13.8 Å². The number of hydrogen-bond acceptors (Lipinski definition) is 11. The molecule has 1 aromatic carbocycles. The molecule has 0 aliphatic carbocycles. The van der Waals surface area contributed by atoms with E-state index in [1.54, 1.807) is 19.1 Å². The number of para-hydroxylation sites is 1. The van der Waals surface area contributed by atoms with E-state index in [4.69, 9.17) is 16.2 Å². The van der Waals surface area contributed by atoms with Crippen molar-refractivity contribution in [2.75, 3.05) is 60.6 Å². The van der Waals surface area contributed by atoms with Gasteiger partial charge < -0.3 is 20.9 Å². The van der Waals surface area contributed by atoms with Gasteiger partial charge in [-0.15, -0.1) is 0 Å². The minimum Gasteiger partial charge on any atom is -0.354 e. The molecule has 16 heteroatoms. The minimum absolute atomic E-state index is 0.130. The molecule has 0 spiro atoms. The fourth-order valence-electron chi connectivity index (χ4n) is 4.00. The van der Waals surface area contributed by atoms with E-state index in [0.717, 1.165) is 11.4 Å². The number of nitrogens with one attached hydrogen (secondary N) is 3. The lowest BCUT2D eigenvalue weighted by atomic mass is 10.2. The largest absolute Gasteiger partial charge is 0.354 e. The summed E-state index contributed by atoms with van der Waals surface area (Å²) in [5, 5.41) is 9.44. The molecular weight excluding hydrogens is 580 g/mol. The summed E-state index contributed by atoms with van der Waals surface area (Å²) in [6.45, 7) is 6.10. The van der Waals surface area contributed by atoms with Gasteiger partial charge in [0.25, 0.3) is 16.0 Å². The predicted octanol–water partition coefficient (Wildman–Crippen LogP) is 2.33. The Morgan fingerprint density at radius 3 is 2.60 bits per heavy atom. The summed E-state index contributed by atoms with van der Waals surface area (Å²) < 4.78 is 30.3. The number of benzene rings is 1. The highest BCUT2D eigenvalue weighted by atomic mass is 35.5. The SMILES string of the molecule is Cc1nc(Nc2ncc(C(=O)Nc3c(C)cccc3Cl)s2)cc(N2CCN(CC(=O)NCCS(=O)(=O)O)CC2)n1. The van der Waals surface area contributed by atoms with Crippen LogP contribution in [0.1, 0.15) is 21.1 Å². The fraction of sp³-hybridized carbons (Fsp3) is 0.375. The number of aryl methyl sites for hydroxylation is 2. The molecule has 3 aromatic rings. The Labute approximate surface area is 240 Å². The zero-order valence-electron chi connectivity index (χ0n) is 21.8. The molecule has 1 aliphatic heterocycles. The van der Waals surface area contributed by atoms with Crippen LogP contribution in [0.2, 0.25) is 5.02 Å². The molecule has 1 aliphatic rings. The summed E-state index contributed by atoms with van der Waals surface area (Å²) in [6.07, 6.45) is 1.49. The molecule has 3 heterocycles. The van der Waals surface area contributed by atoms with Gasteiger partial charge in [0.1, 0.15) is 22.3 Å². The minimum atomic E-state index is -4.11. The summed E-state index contributed by atoms with van der Waals surface area (Å²) in [6, 6.07) is 7.20. The first-order valence-corrected chi connectivity index (χ1v) is 15.1. The van der Waals surface area contributed by atoms with Gasteiger partial charge >= 0.3 is 0 Å². The zero-order chi connectivity index (χ0) is 28.9. The Balaban J connectivity index is 1.32. The van der Waals surface area contributed by atoms with Crippen molar-refractivity contribution in [3.8, 4) is 0 Å². The van der Waals surface area contributed by atoms with E-state index in [1.807, 2.05) is 24.0 Å². The Bertz CT molecular complexity index is 1470. The predicted molar refractivity (Wildman–Crippen MR) is 154 cm³/mol. The highest BCUT2D eigenvalue weighted by Gasteiger charge is 2.21. The normalized spacial score (nSPS) is 14.2. The number of halogens is 1. The third-order valence-corrected chi connectivity index (χ3v) is 7.94. The second kappa shape index (κ2) is 12.9. The van der Waals surface area contributed by atoms with Crippen LogP contribution in [0.25, 0.3) is 0 Å². The average molecular weight is 609 g/mol. The summed E-state index contributed by atoms with van der Waals surface area (Å²) >= 11 is 7.41. The van der Waals surface area contributed by atoms with Crippen molar-refractivity contribution in [1.82, 2.24) is 25.2 Å². The van der Waals surface area contributed by atoms with Crippen LogP contribution < -0.4 is 20.9 Å². The number of amides is 2. The number of piperazine rings is 1. The van der Waals surface area contributed by atoms with Gasteiger partial charge in [-0.2, -0.15) is 8.42 Å². The van der Waals surface area contributed by atoms with Crippen LogP contribution in [0.4, 0.5) is 22.5 Å². The van der Waals surface area contributed by atoms with Gasteiger partial charge in [-0.3, -0.25) is 19.0 Å². The maximum absolute atomic E-state index is 12.8. The molecule has 2 amide bonds. The first-order valence-electron chi connectivity index (χ1n) is 12.3. The Morgan fingerprint density at radius 1 is 1.15 bits per heavy atom. The molecule has 0 atom stereocenters. The summed E-state index contributed by atoms with van der Waals surface area (Å²) in [4.78, 5) is 42.6. The van der Waals surface area contributed by atoms with Crippen molar-refractivity contribution < 1.29 is 22.6 Å². The second-order valence-corrected chi connectivity index (χ2v) is 12.1. The van der Waals surface area contributed by atoms with Gasteiger partial charge in [0, 0.05) is 38.8 Å². The molecule has 4 N–H and O–H groups in total. The van der Waals surface area contributed by atoms with E-state index in [1.165, 1.54) is 17.5 Å². The Kier molecular flexibility index (Phi) is 9.52. The maximum atomic E-state index is 12.8. The van der Waals surface area contributed by atoms with Gasteiger partial charge in [-0.05, 0) is 25.5 Å². The van der Waals surface area contributed by atoms with Crippen molar-refractivity contribution in [3.63, 3.8) is 0 Å². The lowest BCUT2D eigenvalue weighted by molar-refractivity contribution is -0.122. The fourth-order valence-corrected chi connectivity index (χ4v) is 5.35. The van der Waals surface area contributed by atoms with Crippen LogP contribution in [0.5, 0.6) is 0 Å². The number of nitrogens with zero attached hydrogens (tertiary/aromatic N) is 5. The summed E-state index contributed by atoms with van der Waals surface area (Å²) in [5.41, 5.74) is 1.42. The van der Waals surface area contributed by atoms with E-state index in [0.29, 0.717) is 58.5 Å². The van der Waals surface area contributed by atoms with Gasteiger partial charge in [-0.25, -0.2) is 15.0 Å². The summed E-state index contributed by atoms with van der Waals surface area (Å²) in [5.74, 6) is 0.672. The quantitative estimate of drug-likeness (QED) is 0.249. The van der Waals surface area contributed by atoms with E-state index in [-0.39, 0.29) is 24.9 Å². The lowest BCUT2D eigenvalue weighted by Gasteiger charge is -2.35. The van der Waals surface area contributed by atoms with Gasteiger partial charge in [-0.1, -0.05) is 35.1 Å². The number of carbonyl (C=O) groups is 2. The number of rotatable bonds is 10. The van der Waals surface area contributed by atoms with Gasteiger partial charge in [0.15, 0.2) is 5.13 Å². The molecule has 1 fully saturated rings. The molecule has 2 aromatic heterocycles. The van der Waals surface area contributed by atoms with Crippen LogP contribution in [-0.4, -0.2) is 89.7 Å². The highest BCUT2D eigenvalue weighted by molar-refractivity contribution is 7.85. The van der Waals surface area contributed by atoms with Gasteiger partial charge in [0.05, 0.1) is 29.2 Å². The van der Waals surface area contributed by atoms with Crippen LogP contribution in [0.15, 0.2) is 30.5 Å². The van der Waals surface area contributed by atoms with Crippen molar-refractivity contribution in [2.24, 2.45) is 0 Å². The molecule has 0 radical (unpaired) electrons. The van der Waals surface area contributed by atoms with E-state index >= 15 is 0 Å². The standard InChI is InChI=1S/C24H29ClN8O5S2/c1-15-4-3-5-17(25)22(15)31-23(35)18-13-27-24(39-18)30-19-12-20(29-16(2)28-19)33-9-7-32(8-10-33)14-21(34)26-6-11-40(36,37)38/h3-5,12-13H,6-11,14H2,1-2H3,(H,26,34)(H,31,35)(H,36,37,38)(H,27,28,29,30). The highest BCUT2D eigenvalue weighted by Crippen LogP contribution is 2.28. The zero-order valence-corrected chi connectivity index (χ0v) is 24.2. The Morgan fingerprint density at radius 2 is 1.90 bits per heavy atom. The molecule has 0 unspecified atom stereocenters. The Hall–Kier alpha value is -3.37. The average Bonchev–Trinajstić information content (AvgIpc) is 3.34.